The molecule has 0 fully saturated rings. The molecule has 4 heteroatoms. The topological polar surface area (TPSA) is 58.0 Å². The third kappa shape index (κ3) is 3.78. The minimum atomic E-state index is 0.0828. The number of hydrogen-bond acceptors (Lipinski definition) is 4. The Labute approximate surface area is 119 Å². The molecule has 1 aromatic carbocycles. The molecular weight excluding hydrogens is 250 g/mol. The molecule has 20 heavy (non-hydrogen) atoms. The van der Waals surface area contributed by atoms with Crippen LogP contribution < -0.4 is 5.32 Å². The average Bonchev–Trinajstić information content (AvgIpc) is 2.48. The molecule has 0 saturated carbocycles. The Bertz CT molecular complexity index is 552. The van der Waals surface area contributed by atoms with Gasteiger partial charge in [0.2, 0.25) is 0 Å². The maximum Gasteiger partial charge on any atom is 0.133 e. The van der Waals surface area contributed by atoms with Crippen molar-refractivity contribution < 1.29 is 5.11 Å². The lowest BCUT2D eigenvalue weighted by Crippen LogP contribution is -2.06. The lowest BCUT2D eigenvalue weighted by atomic mass is 10.1. The van der Waals surface area contributed by atoms with Gasteiger partial charge >= 0.3 is 0 Å². The summed E-state index contributed by atoms with van der Waals surface area (Å²) in [4.78, 5) is 8.74. The highest BCUT2D eigenvalue weighted by Gasteiger charge is 2.05. The zero-order chi connectivity index (χ0) is 14.4. The molecule has 0 saturated heterocycles. The van der Waals surface area contributed by atoms with E-state index in [1.165, 1.54) is 5.56 Å². The van der Waals surface area contributed by atoms with Crippen molar-refractivity contribution in [3.63, 3.8) is 0 Å². The van der Waals surface area contributed by atoms with Gasteiger partial charge in [0.25, 0.3) is 0 Å². The second-order valence-corrected chi connectivity index (χ2v) is 4.87. The fourth-order valence-electron chi connectivity index (χ4n) is 2.05. The summed E-state index contributed by atoms with van der Waals surface area (Å²) in [6, 6.07) is 7.92. The first kappa shape index (κ1) is 14.5. The van der Waals surface area contributed by atoms with Crippen molar-refractivity contribution in [3.05, 3.63) is 53.0 Å². The van der Waals surface area contributed by atoms with Crippen LogP contribution in [-0.4, -0.2) is 15.1 Å². The van der Waals surface area contributed by atoms with Gasteiger partial charge in [0.1, 0.15) is 11.6 Å². The summed E-state index contributed by atoms with van der Waals surface area (Å²) < 4.78 is 0. The molecule has 1 heterocycles. The Morgan fingerprint density at radius 1 is 1.15 bits per heavy atom. The van der Waals surface area contributed by atoms with Gasteiger partial charge in [-0.25, -0.2) is 9.97 Å². The molecule has 106 valence electrons. The van der Waals surface area contributed by atoms with E-state index in [0.717, 1.165) is 42.2 Å². The van der Waals surface area contributed by atoms with Crippen LogP contribution in [0.2, 0.25) is 0 Å². The first-order valence-corrected chi connectivity index (χ1v) is 6.98. The number of anilines is 1. The molecule has 0 atom stereocenters. The number of benzene rings is 1. The van der Waals surface area contributed by atoms with Crippen molar-refractivity contribution >= 4 is 5.82 Å². The van der Waals surface area contributed by atoms with Gasteiger partial charge in [0.15, 0.2) is 0 Å². The van der Waals surface area contributed by atoms with Crippen molar-refractivity contribution in [2.45, 2.75) is 39.8 Å². The molecule has 0 aliphatic heterocycles. The molecule has 0 spiro atoms. The fourth-order valence-corrected chi connectivity index (χ4v) is 2.05. The largest absolute Gasteiger partial charge is 0.392 e. The van der Waals surface area contributed by atoms with Crippen LogP contribution in [0.4, 0.5) is 5.82 Å². The maximum absolute atomic E-state index is 9.03. The quantitative estimate of drug-likeness (QED) is 0.848. The van der Waals surface area contributed by atoms with Crippen molar-refractivity contribution in [3.8, 4) is 0 Å². The lowest BCUT2D eigenvalue weighted by Gasteiger charge is -2.11. The summed E-state index contributed by atoms with van der Waals surface area (Å²) in [5.41, 5.74) is 3.25. The Balaban J connectivity index is 2.07. The Hall–Kier alpha value is -1.94. The maximum atomic E-state index is 9.03. The molecule has 0 amide bonds. The van der Waals surface area contributed by atoms with E-state index >= 15 is 0 Å². The molecule has 2 rings (SSSR count). The van der Waals surface area contributed by atoms with E-state index in [2.05, 4.69) is 22.2 Å². The highest BCUT2D eigenvalue weighted by Crippen LogP contribution is 2.15. The van der Waals surface area contributed by atoms with Crippen molar-refractivity contribution in [1.82, 2.24) is 9.97 Å². The van der Waals surface area contributed by atoms with Gasteiger partial charge in [0.05, 0.1) is 6.61 Å². The van der Waals surface area contributed by atoms with Crippen molar-refractivity contribution in [2.75, 3.05) is 5.32 Å². The predicted molar refractivity (Wildman–Crippen MR) is 80.5 cm³/mol. The van der Waals surface area contributed by atoms with Gasteiger partial charge in [-0.2, -0.15) is 0 Å². The molecule has 0 radical (unpaired) electrons. The standard InChI is InChI=1S/C16H21N3O/c1-3-4-15-10-17-12(2)19-16(15)18-9-13-5-7-14(11-20)8-6-13/h5-8,10,20H,3-4,9,11H2,1-2H3,(H,17,18,19). The second-order valence-electron chi connectivity index (χ2n) is 4.87. The third-order valence-electron chi connectivity index (χ3n) is 3.17. The summed E-state index contributed by atoms with van der Waals surface area (Å²) in [5.74, 6) is 1.70. The zero-order valence-electron chi connectivity index (χ0n) is 12.1. The molecule has 4 nitrogen and oxygen atoms in total. The number of nitrogens with one attached hydrogen (secondary N) is 1. The Morgan fingerprint density at radius 3 is 2.50 bits per heavy atom. The molecule has 0 aliphatic rings. The number of nitrogens with zero attached hydrogens (tertiary/aromatic N) is 2. The highest BCUT2D eigenvalue weighted by atomic mass is 16.3. The van der Waals surface area contributed by atoms with Crippen LogP contribution in [0.15, 0.2) is 30.5 Å². The molecule has 2 aromatic rings. The molecule has 1 aromatic heterocycles. The van der Waals surface area contributed by atoms with Crippen LogP contribution in [0.1, 0.15) is 35.9 Å². The fraction of sp³-hybridized carbons (Fsp3) is 0.375. The van der Waals surface area contributed by atoms with Gasteiger partial charge in [-0.05, 0) is 24.5 Å². The number of hydrogen-bond donors (Lipinski definition) is 2. The number of aliphatic hydroxyl groups excluding tert-OH is 1. The summed E-state index contributed by atoms with van der Waals surface area (Å²) in [5, 5.41) is 12.4. The predicted octanol–water partition coefficient (Wildman–Crippen LogP) is 2.84. The minimum Gasteiger partial charge on any atom is -0.392 e. The van der Waals surface area contributed by atoms with Crippen LogP contribution in [0.5, 0.6) is 0 Å². The number of aliphatic hydroxyl groups is 1. The van der Waals surface area contributed by atoms with Gasteiger partial charge < -0.3 is 10.4 Å². The van der Waals surface area contributed by atoms with E-state index in [9.17, 15) is 0 Å². The van der Waals surface area contributed by atoms with Gasteiger partial charge in [-0.3, -0.25) is 0 Å². The minimum absolute atomic E-state index is 0.0828. The third-order valence-corrected chi connectivity index (χ3v) is 3.17. The van der Waals surface area contributed by atoms with Crippen LogP contribution in [0, 0.1) is 6.92 Å². The van der Waals surface area contributed by atoms with Crippen LogP contribution in [0.25, 0.3) is 0 Å². The van der Waals surface area contributed by atoms with E-state index in [1.807, 2.05) is 37.4 Å². The van der Waals surface area contributed by atoms with Crippen molar-refractivity contribution in [1.29, 1.82) is 0 Å². The second kappa shape index (κ2) is 7.01. The number of aryl methyl sites for hydroxylation is 2. The van der Waals surface area contributed by atoms with Gasteiger partial charge in [-0.1, -0.05) is 37.6 Å². The van der Waals surface area contributed by atoms with E-state index in [4.69, 9.17) is 5.11 Å². The normalized spacial score (nSPS) is 10.6. The van der Waals surface area contributed by atoms with Gasteiger partial charge in [-0.15, -0.1) is 0 Å². The Kier molecular flexibility index (Phi) is 5.07. The smallest absolute Gasteiger partial charge is 0.133 e. The van der Waals surface area contributed by atoms with Gasteiger partial charge in [0, 0.05) is 18.3 Å². The van der Waals surface area contributed by atoms with E-state index < -0.39 is 0 Å². The SMILES string of the molecule is CCCc1cnc(C)nc1NCc1ccc(CO)cc1. The molecule has 2 N–H and O–H groups in total. The Morgan fingerprint density at radius 2 is 1.85 bits per heavy atom. The zero-order valence-corrected chi connectivity index (χ0v) is 12.1. The average molecular weight is 271 g/mol. The van der Waals surface area contributed by atoms with Crippen LogP contribution >= 0.6 is 0 Å². The molecular formula is C16H21N3O. The summed E-state index contributed by atoms with van der Waals surface area (Å²) in [6.07, 6.45) is 3.96. The summed E-state index contributed by atoms with van der Waals surface area (Å²) >= 11 is 0. The molecule has 0 unspecified atom stereocenters. The van der Waals surface area contributed by atoms with Crippen LogP contribution in [0.3, 0.4) is 0 Å². The first-order valence-electron chi connectivity index (χ1n) is 6.98. The lowest BCUT2D eigenvalue weighted by molar-refractivity contribution is 0.282. The highest BCUT2D eigenvalue weighted by molar-refractivity contribution is 5.43. The van der Waals surface area contributed by atoms with Crippen molar-refractivity contribution in [2.24, 2.45) is 0 Å². The molecule has 0 aliphatic carbocycles. The monoisotopic (exact) mass is 271 g/mol. The summed E-state index contributed by atoms with van der Waals surface area (Å²) in [7, 11) is 0. The van der Waals surface area contributed by atoms with E-state index in [-0.39, 0.29) is 6.61 Å². The van der Waals surface area contributed by atoms with E-state index in [0.29, 0.717) is 0 Å². The molecule has 0 bridgehead atoms. The first-order chi connectivity index (χ1) is 9.72. The number of aromatic nitrogens is 2. The van der Waals surface area contributed by atoms with Crippen LogP contribution in [-0.2, 0) is 19.6 Å². The summed E-state index contributed by atoms with van der Waals surface area (Å²) in [6.45, 7) is 4.85. The number of rotatable bonds is 6. The van der Waals surface area contributed by atoms with E-state index in [1.54, 1.807) is 0 Å².